The quantitative estimate of drug-likeness (QED) is 0.715. The smallest absolute Gasteiger partial charge is 0.00188 e. The second-order valence-electron chi connectivity index (χ2n) is 4.25. The zero-order chi connectivity index (χ0) is 9.52. The second-order valence-corrected chi connectivity index (χ2v) is 4.25. The summed E-state index contributed by atoms with van der Waals surface area (Å²) in [6.45, 7) is 7.16. The molecule has 0 aromatic heterocycles. The zero-order valence-electron chi connectivity index (χ0n) is 9.18. The molecular weight excluding hydrogens is 160 g/mol. The first kappa shape index (κ1) is 11.0. The van der Waals surface area contributed by atoms with Gasteiger partial charge in [-0.15, -0.1) is 0 Å². The first-order chi connectivity index (χ1) is 6.33. The molecule has 1 N–H and O–H groups in total. The van der Waals surface area contributed by atoms with Crippen molar-refractivity contribution in [2.24, 2.45) is 5.92 Å². The van der Waals surface area contributed by atoms with Crippen LogP contribution in [0.2, 0.25) is 0 Å². The van der Waals surface area contributed by atoms with Crippen molar-refractivity contribution >= 4 is 0 Å². The summed E-state index contributed by atoms with van der Waals surface area (Å²) in [5.74, 6) is 0.927. The lowest BCUT2D eigenvalue weighted by molar-refractivity contribution is 0.305. The molecule has 0 spiro atoms. The van der Waals surface area contributed by atoms with Crippen molar-refractivity contribution < 1.29 is 0 Å². The number of nitrogens with one attached hydrogen (secondary N) is 1. The van der Waals surface area contributed by atoms with Gasteiger partial charge in [-0.2, -0.15) is 0 Å². The Labute approximate surface area is 82.7 Å². The lowest BCUT2D eigenvalue weighted by Gasteiger charge is -2.19. The Kier molecular flexibility index (Phi) is 5.40. The topological polar surface area (TPSA) is 15.3 Å². The van der Waals surface area contributed by atoms with E-state index in [0.717, 1.165) is 5.92 Å². The molecule has 1 saturated heterocycles. The molecule has 2 nitrogen and oxygen atoms in total. The molecule has 0 saturated carbocycles. The van der Waals surface area contributed by atoms with Crippen LogP contribution in [0.3, 0.4) is 0 Å². The van der Waals surface area contributed by atoms with Gasteiger partial charge in [-0.3, -0.25) is 0 Å². The van der Waals surface area contributed by atoms with Crippen molar-refractivity contribution in [2.75, 3.05) is 33.2 Å². The molecule has 1 heterocycles. The van der Waals surface area contributed by atoms with Crippen LogP contribution in [0.25, 0.3) is 0 Å². The minimum atomic E-state index is 0.927. The Morgan fingerprint density at radius 3 is 3.00 bits per heavy atom. The summed E-state index contributed by atoms with van der Waals surface area (Å²) in [4.78, 5) is 2.41. The van der Waals surface area contributed by atoms with Crippen LogP contribution in [0, 0.1) is 5.92 Å². The van der Waals surface area contributed by atoms with Gasteiger partial charge in [0.25, 0.3) is 0 Å². The summed E-state index contributed by atoms with van der Waals surface area (Å²) in [6.07, 6.45) is 5.61. The maximum Gasteiger partial charge on any atom is -0.00188 e. The van der Waals surface area contributed by atoms with E-state index in [1.807, 2.05) is 0 Å². The Hall–Kier alpha value is -0.0800. The fourth-order valence-corrected chi connectivity index (χ4v) is 1.90. The predicted octanol–water partition coefficient (Wildman–Crippen LogP) is 1.72. The highest BCUT2D eigenvalue weighted by molar-refractivity contribution is 4.68. The van der Waals surface area contributed by atoms with Crippen molar-refractivity contribution in [2.45, 2.75) is 32.6 Å². The third-order valence-corrected chi connectivity index (χ3v) is 3.11. The number of hydrogen-bond donors (Lipinski definition) is 1. The molecule has 2 heteroatoms. The van der Waals surface area contributed by atoms with Gasteiger partial charge >= 0.3 is 0 Å². The fourth-order valence-electron chi connectivity index (χ4n) is 1.90. The molecule has 0 bridgehead atoms. The highest BCUT2D eigenvalue weighted by Crippen LogP contribution is 2.14. The summed E-state index contributed by atoms with van der Waals surface area (Å²) in [5.41, 5.74) is 0. The maximum absolute atomic E-state index is 3.52. The van der Waals surface area contributed by atoms with Crippen LogP contribution in [0.1, 0.15) is 32.6 Å². The predicted molar refractivity (Wildman–Crippen MR) is 58.0 cm³/mol. The molecule has 1 aliphatic heterocycles. The van der Waals surface area contributed by atoms with Crippen LogP contribution in [-0.4, -0.2) is 38.1 Å². The monoisotopic (exact) mass is 184 g/mol. The molecule has 1 rings (SSSR count). The van der Waals surface area contributed by atoms with Gasteiger partial charge in [-0.05, 0) is 58.4 Å². The Morgan fingerprint density at radius 2 is 2.23 bits per heavy atom. The van der Waals surface area contributed by atoms with Crippen LogP contribution >= 0.6 is 0 Å². The lowest BCUT2D eigenvalue weighted by atomic mass is 10.00. The van der Waals surface area contributed by atoms with E-state index in [1.54, 1.807) is 0 Å². The first-order valence-corrected chi connectivity index (χ1v) is 5.72. The summed E-state index contributed by atoms with van der Waals surface area (Å²) in [6, 6.07) is 0. The van der Waals surface area contributed by atoms with Gasteiger partial charge in [0.15, 0.2) is 0 Å². The van der Waals surface area contributed by atoms with Crippen LogP contribution < -0.4 is 5.32 Å². The molecule has 1 atom stereocenters. The molecule has 0 aromatic carbocycles. The molecule has 0 amide bonds. The molecule has 1 fully saturated rings. The standard InChI is InChI=1S/C11H24N2/c1-3-13(2)9-7-11-6-4-5-8-12-10-11/h11-12H,3-10H2,1-2H3. The minimum Gasteiger partial charge on any atom is -0.316 e. The second kappa shape index (κ2) is 6.39. The Bertz CT molecular complexity index is 117. The van der Waals surface area contributed by atoms with Crippen molar-refractivity contribution in [3.63, 3.8) is 0 Å². The minimum absolute atomic E-state index is 0.927. The van der Waals surface area contributed by atoms with Gasteiger partial charge in [0.2, 0.25) is 0 Å². The largest absolute Gasteiger partial charge is 0.316 e. The van der Waals surface area contributed by atoms with Crippen LogP contribution in [-0.2, 0) is 0 Å². The first-order valence-electron chi connectivity index (χ1n) is 5.72. The highest BCUT2D eigenvalue weighted by atomic mass is 15.1. The third-order valence-electron chi connectivity index (χ3n) is 3.11. The molecular formula is C11H24N2. The Balaban J connectivity index is 2.11. The summed E-state index contributed by atoms with van der Waals surface area (Å²) in [7, 11) is 2.21. The third kappa shape index (κ3) is 4.63. The van der Waals surface area contributed by atoms with Crippen molar-refractivity contribution in [1.82, 2.24) is 10.2 Å². The van der Waals surface area contributed by atoms with Gasteiger partial charge in [0, 0.05) is 0 Å². The fraction of sp³-hybridized carbons (Fsp3) is 1.00. The number of rotatable bonds is 4. The van der Waals surface area contributed by atoms with Crippen molar-refractivity contribution in [3.05, 3.63) is 0 Å². The normalized spacial score (nSPS) is 24.7. The molecule has 13 heavy (non-hydrogen) atoms. The number of nitrogens with zero attached hydrogens (tertiary/aromatic N) is 1. The molecule has 0 radical (unpaired) electrons. The zero-order valence-corrected chi connectivity index (χ0v) is 9.18. The summed E-state index contributed by atoms with van der Waals surface area (Å²) in [5, 5.41) is 3.52. The highest BCUT2D eigenvalue weighted by Gasteiger charge is 2.11. The maximum atomic E-state index is 3.52. The SMILES string of the molecule is CCN(C)CCC1CCCCNC1. The average molecular weight is 184 g/mol. The van der Waals surface area contributed by atoms with E-state index in [0.29, 0.717) is 0 Å². The van der Waals surface area contributed by atoms with Gasteiger partial charge in [0.1, 0.15) is 0 Å². The van der Waals surface area contributed by atoms with Crippen LogP contribution in [0.5, 0.6) is 0 Å². The van der Waals surface area contributed by atoms with E-state index in [-0.39, 0.29) is 0 Å². The Morgan fingerprint density at radius 1 is 1.38 bits per heavy atom. The van der Waals surface area contributed by atoms with Gasteiger partial charge in [0.05, 0.1) is 0 Å². The molecule has 78 valence electrons. The van der Waals surface area contributed by atoms with Crippen molar-refractivity contribution in [3.8, 4) is 0 Å². The van der Waals surface area contributed by atoms with Gasteiger partial charge in [-0.25, -0.2) is 0 Å². The van der Waals surface area contributed by atoms with E-state index in [2.05, 4.69) is 24.2 Å². The van der Waals surface area contributed by atoms with E-state index in [4.69, 9.17) is 0 Å². The van der Waals surface area contributed by atoms with Crippen LogP contribution in [0.4, 0.5) is 0 Å². The van der Waals surface area contributed by atoms with Crippen LogP contribution in [0.15, 0.2) is 0 Å². The van der Waals surface area contributed by atoms with E-state index < -0.39 is 0 Å². The summed E-state index contributed by atoms with van der Waals surface area (Å²) < 4.78 is 0. The summed E-state index contributed by atoms with van der Waals surface area (Å²) >= 11 is 0. The molecule has 1 unspecified atom stereocenters. The van der Waals surface area contributed by atoms with Gasteiger partial charge in [-0.1, -0.05) is 13.3 Å². The van der Waals surface area contributed by atoms with E-state index in [1.165, 1.54) is 51.9 Å². The van der Waals surface area contributed by atoms with E-state index in [9.17, 15) is 0 Å². The lowest BCUT2D eigenvalue weighted by Crippen LogP contribution is -2.26. The van der Waals surface area contributed by atoms with E-state index >= 15 is 0 Å². The van der Waals surface area contributed by atoms with Gasteiger partial charge < -0.3 is 10.2 Å². The molecule has 1 aliphatic rings. The molecule has 0 aliphatic carbocycles. The number of hydrogen-bond acceptors (Lipinski definition) is 2. The molecule has 0 aromatic rings. The average Bonchev–Trinajstić information content (AvgIpc) is 2.42. The van der Waals surface area contributed by atoms with Crippen molar-refractivity contribution in [1.29, 1.82) is 0 Å².